The summed E-state index contributed by atoms with van der Waals surface area (Å²) < 4.78 is 18.2. The number of benzene rings is 1. The first-order chi connectivity index (χ1) is 12.7. The van der Waals surface area contributed by atoms with Crippen molar-refractivity contribution in [2.75, 3.05) is 12.1 Å². The maximum atomic E-state index is 12.2. The van der Waals surface area contributed by atoms with Crippen molar-refractivity contribution in [1.82, 2.24) is 19.9 Å². The van der Waals surface area contributed by atoms with Gasteiger partial charge in [-0.3, -0.25) is 4.79 Å². The Labute approximate surface area is 150 Å². The van der Waals surface area contributed by atoms with Crippen LogP contribution in [0.2, 0.25) is 0 Å². The molecule has 0 saturated heterocycles. The third-order valence-electron chi connectivity index (χ3n) is 3.79. The molecular weight excluding hydrogens is 358 g/mol. The molecule has 4 heterocycles. The fraction of sp³-hybridized carbons (Fsp3) is 0.125. The second-order valence-corrected chi connectivity index (χ2v) is 6.59. The van der Waals surface area contributed by atoms with E-state index >= 15 is 0 Å². The molecule has 0 atom stereocenters. The summed E-state index contributed by atoms with van der Waals surface area (Å²) in [6, 6.07) is 6.97. The van der Waals surface area contributed by atoms with Crippen molar-refractivity contribution >= 4 is 33.3 Å². The molecule has 0 fully saturated rings. The molecule has 0 bridgehead atoms. The molecule has 130 valence electrons. The van der Waals surface area contributed by atoms with Gasteiger partial charge in [-0.25, -0.2) is 4.98 Å². The van der Waals surface area contributed by atoms with Crippen molar-refractivity contribution in [3.8, 4) is 16.6 Å². The third kappa shape index (κ3) is 2.39. The van der Waals surface area contributed by atoms with Gasteiger partial charge in [0.05, 0.1) is 22.1 Å². The first-order valence-corrected chi connectivity index (χ1v) is 8.48. The van der Waals surface area contributed by atoms with E-state index in [1.54, 1.807) is 10.7 Å². The fourth-order valence-corrected chi connectivity index (χ4v) is 3.58. The van der Waals surface area contributed by atoms with Crippen LogP contribution in [0, 0.1) is 6.92 Å². The number of nitrogens with one attached hydrogen (secondary N) is 1. The number of anilines is 1. The van der Waals surface area contributed by atoms with Crippen LogP contribution in [0.4, 0.5) is 5.82 Å². The summed E-state index contributed by atoms with van der Waals surface area (Å²) in [6.07, 6.45) is 1.41. The molecule has 10 heteroatoms. The highest BCUT2D eigenvalue weighted by Crippen LogP contribution is 2.38. The monoisotopic (exact) mass is 369 g/mol. The lowest BCUT2D eigenvalue weighted by Crippen LogP contribution is -2.14. The number of nitrogens with zero attached hydrogens (tertiary/aromatic N) is 4. The molecule has 26 heavy (non-hydrogen) atoms. The number of fused-ring (bicyclic) bond motifs is 2. The Kier molecular flexibility index (Phi) is 3.19. The van der Waals surface area contributed by atoms with Gasteiger partial charge in [-0.15, -0.1) is 0 Å². The van der Waals surface area contributed by atoms with Crippen molar-refractivity contribution in [2.45, 2.75) is 6.92 Å². The summed E-state index contributed by atoms with van der Waals surface area (Å²) in [5.74, 6) is 1.56. The molecule has 0 spiro atoms. The quantitative estimate of drug-likeness (QED) is 0.592. The van der Waals surface area contributed by atoms with Crippen LogP contribution in [0.25, 0.3) is 15.3 Å². The van der Waals surface area contributed by atoms with Crippen LogP contribution in [-0.4, -0.2) is 32.6 Å². The number of rotatable bonds is 3. The van der Waals surface area contributed by atoms with Crippen molar-refractivity contribution in [1.29, 1.82) is 0 Å². The Morgan fingerprint density at radius 2 is 2.12 bits per heavy atom. The van der Waals surface area contributed by atoms with Gasteiger partial charge < -0.3 is 19.3 Å². The zero-order chi connectivity index (χ0) is 17.7. The molecule has 0 saturated carbocycles. The molecular formula is C16H11N5O4S. The first kappa shape index (κ1) is 14.9. The largest absolute Gasteiger partial charge is 0.454 e. The van der Waals surface area contributed by atoms with E-state index in [4.69, 9.17) is 14.0 Å². The van der Waals surface area contributed by atoms with Gasteiger partial charge in [0.1, 0.15) is 5.82 Å². The highest BCUT2D eigenvalue weighted by atomic mass is 32.1. The molecule has 4 aromatic rings. The highest BCUT2D eigenvalue weighted by Gasteiger charge is 2.20. The predicted octanol–water partition coefficient (Wildman–Crippen LogP) is 2.76. The Balaban J connectivity index is 1.54. The minimum atomic E-state index is -0.412. The Bertz CT molecular complexity index is 1090. The van der Waals surface area contributed by atoms with Crippen molar-refractivity contribution in [3.63, 3.8) is 0 Å². The van der Waals surface area contributed by atoms with Gasteiger partial charge >= 0.3 is 0 Å². The third-order valence-corrected chi connectivity index (χ3v) is 4.78. The normalized spacial score (nSPS) is 12.7. The average molecular weight is 369 g/mol. The Morgan fingerprint density at radius 1 is 1.27 bits per heavy atom. The van der Waals surface area contributed by atoms with Crippen LogP contribution in [0.3, 0.4) is 0 Å². The van der Waals surface area contributed by atoms with E-state index in [0.29, 0.717) is 22.4 Å². The van der Waals surface area contributed by atoms with Gasteiger partial charge in [-0.1, -0.05) is 16.5 Å². The standard InChI is InChI=1S/C16H11N5O4S/c1-8-4-14(19-15(22)10-2-3-17-25-10)21(20-8)16-18-9-5-11-12(24-7-23-11)6-13(9)26-16/h2-6H,7H2,1H3,(H,19,22). The van der Waals surface area contributed by atoms with Crippen LogP contribution in [0.5, 0.6) is 11.5 Å². The van der Waals surface area contributed by atoms with E-state index in [1.807, 2.05) is 19.1 Å². The molecule has 1 aliphatic heterocycles. The van der Waals surface area contributed by atoms with E-state index in [1.165, 1.54) is 23.6 Å². The van der Waals surface area contributed by atoms with Gasteiger partial charge in [0.15, 0.2) is 11.5 Å². The summed E-state index contributed by atoms with van der Waals surface area (Å²) in [4.78, 5) is 16.8. The number of aromatic nitrogens is 4. The number of ether oxygens (including phenoxy) is 2. The Hall–Kier alpha value is -3.40. The van der Waals surface area contributed by atoms with E-state index < -0.39 is 5.91 Å². The fourth-order valence-electron chi connectivity index (χ4n) is 2.64. The number of carbonyl (C=O) groups is 1. The molecule has 0 radical (unpaired) electrons. The van der Waals surface area contributed by atoms with Gasteiger partial charge in [0.25, 0.3) is 5.91 Å². The van der Waals surface area contributed by atoms with E-state index in [9.17, 15) is 4.79 Å². The lowest BCUT2D eigenvalue weighted by Gasteiger charge is -2.04. The van der Waals surface area contributed by atoms with Crippen molar-refractivity contribution < 1.29 is 18.8 Å². The smallest absolute Gasteiger partial charge is 0.295 e. The van der Waals surface area contributed by atoms with Gasteiger partial charge in [0.2, 0.25) is 17.7 Å². The maximum absolute atomic E-state index is 12.2. The molecule has 9 nitrogen and oxygen atoms in total. The lowest BCUT2D eigenvalue weighted by molar-refractivity contribution is 0.0987. The second kappa shape index (κ2) is 5.56. The molecule has 5 rings (SSSR count). The van der Waals surface area contributed by atoms with E-state index in [-0.39, 0.29) is 12.6 Å². The molecule has 3 aromatic heterocycles. The van der Waals surface area contributed by atoms with E-state index in [2.05, 4.69) is 20.6 Å². The van der Waals surface area contributed by atoms with Gasteiger partial charge in [-0.2, -0.15) is 9.78 Å². The number of amides is 1. The summed E-state index contributed by atoms with van der Waals surface area (Å²) in [6.45, 7) is 2.06. The van der Waals surface area contributed by atoms with Crippen molar-refractivity contribution in [2.24, 2.45) is 0 Å². The number of thiazole rings is 1. The topological polar surface area (TPSA) is 104 Å². The Morgan fingerprint density at radius 3 is 2.92 bits per heavy atom. The van der Waals surface area contributed by atoms with Crippen LogP contribution >= 0.6 is 11.3 Å². The minimum absolute atomic E-state index is 0.116. The minimum Gasteiger partial charge on any atom is -0.454 e. The number of hydrogen-bond donors (Lipinski definition) is 1. The average Bonchev–Trinajstić information content (AvgIpc) is 3.38. The number of aryl methyl sites for hydroxylation is 1. The summed E-state index contributed by atoms with van der Waals surface area (Å²) >= 11 is 1.44. The lowest BCUT2D eigenvalue weighted by atomic mass is 10.3. The second-order valence-electron chi connectivity index (χ2n) is 5.58. The van der Waals surface area contributed by atoms with E-state index in [0.717, 1.165) is 15.9 Å². The highest BCUT2D eigenvalue weighted by molar-refractivity contribution is 7.20. The molecule has 1 N–H and O–H groups in total. The first-order valence-electron chi connectivity index (χ1n) is 7.66. The maximum Gasteiger partial charge on any atom is 0.295 e. The summed E-state index contributed by atoms with van der Waals surface area (Å²) in [5.41, 5.74) is 1.52. The van der Waals surface area contributed by atoms with Crippen LogP contribution in [0.15, 0.2) is 35.0 Å². The molecule has 1 aromatic carbocycles. The SMILES string of the molecule is Cc1cc(NC(=O)c2ccno2)n(-c2nc3cc4c(cc3s2)OCO4)n1. The predicted molar refractivity (Wildman–Crippen MR) is 92.1 cm³/mol. The van der Waals surface area contributed by atoms with Gasteiger partial charge in [0, 0.05) is 24.3 Å². The molecule has 1 aliphatic rings. The zero-order valence-corrected chi connectivity index (χ0v) is 14.2. The zero-order valence-electron chi connectivity index (χ0n) is 13.4. The summed E-state index contributed by atoms with van der Waals surface area (Å²) in [7, 11) is 0. The van der Waals surface area contributed by atoms with Crippen LogP contribution in [-0.2, 0) is 0 Å². The molecule has 1 amide bonds. The van der Waals surface area contributed by atoms with Crippen LogP contribution in [0.1, 0.15) is 16.2 Å². The molecule has 0 unspecified atom stereocenters. The number of carbonyl (C=O) groups excluding carboxylic acids is 1. The van der Waals surface area contributed by atoms with Crippen LogP contribution < -0.4 is 14.8 Å². The number of hydrogen-bond acceptors (Lipinski definition) is 8. The van der Waals surface area contributed by atoms with Crippen molar-refractivity contribution in [3.05, 3.63) is 41.9 Å². The van der Waals surface area contributed by atoms with Gasteiger partial charge in [-0.05, 0) is 6.92 Å². The summed E-state index contributed by atoms with van der Waals surface area (Å²) in [5, 5.41) is 11.4. The molecule has 0 aliphatic carbocycles.